The van der Waals surface area contributed by atoms with Crippen LogP contribution in [0.4, 0.5) is 0 Å². The summed E-state index contributed by atoms with van der Waals surface area (Å²) in [6.45, 7) is 4.23. The molecule has 2 unspecified atom stereocenters. The molecule has 2 N–H and O–H groups in total. The van der Waals surface area contributed by atoms with Crippen LogP contribution in [0.1, 0.15) is 17.3 Å². The van der Waals surface area contributed by atoms with Crippen LogP contribution in [0.25, 0.3) is 0 Å². The molecule has 88 valence electrons. The lowest BCUT2D eigenvalue weighted by atomic mass is 10.00. The van der Waals surface area contributed by atoms with Gasteiger partial charge in [-0.25, -0.2) is 0 Å². The summed E-state index contributed by atoms with van der Waals surface area (Å²) in [6.07, 6.45) is 2.00. The molecule has 1 fully saturated rings. The van der Waals surface area contributed by atoms with Gasteiger partial charge in [-0.1, -0.05) is 6.07 Å². The van der Waals surface area contributed by atoms with E-state index in [1.165, 1.54) is 5.56 Å². The van der Waals surface area contributed by atoms with Crippen molar-refractivity contribution in [1.82, 2.24) is 9.88 Å². The van der Waals surface area contributed by atoms with Gasteiger partial charge in [-0.15, -0.1) is 0 Å². The van der Waals surface area contributed by atoms with Crippen molar-refractivity contribution in [3.8, 4) is 0 Å². The zero-order chi connectivity index (χ0) is 11.5. The van der Waals surface area contributed by atoms with E-state index in [1.54, 1.807) is 0 Å². The Balaban J connectivity index is 2.24. The van der Waals surface area contributed by atoms with E-state index in [-0.39, 0.29) is 12.1 Å². The molecule has 0 aliphatic carbocycles. The molecule has 16 heavy (non-hydrogen) atoms. The van der Waals surface area contributed by atoms with Crippen molar-refractivity contribution < 1.29 is 4.74 Å². The summed E-state index contributed by atoms with van der Waals surface area (Å²) in [5.74, 6) is 0. The number of aromatic nitrogens is 1. The van der Waals surface area contributed by atoms with Crippen molar-refractivity contribution in [2.24, 2.45) is 5.73 Å². The maximum Gasteiger partial charge on any atom is 0.0894 e. The normalized spacial score (nSPS) is 26.9. The smallest absolute Gasteiger partial charge is 0.0894 e. The van der Waals surface area contributed by atoms with Gasteiger partial charge in [0, 0.05) is 25.0 Å². The largest absolute Gasteiger partial charge is 0.374 e. The second-order valence-electron chi connectivity index (χ2n) is 4.30. The number of hydrogen-bond acceptors (Lipinski definition) is 4. The topological polar surface area (TPSA) is 51.4 Å². The Bertz CT molecular complexity index is 339. The summed E-state index contributed by atoms with van der Waals surface area (Å²) >= 11 is 0. The Morgan fingerprint density at radius 2 is 2.38 bits per heavy atom. The van der Waals surface area contributed by atoms with Crippen LogP contribution < -0.4 is 5.73 Å². The molecule has 2 rings (SSSR count). The maximum absolute atomic E-state index is 5.75. The molecule has 0 amide bonds. The molecule has 1 aromatic rings. The lowest BCUT2D eigenvalue weighted by Gasteiger charge is -2.38. The number of morpholine rings is 1. The first-order valence-electron chi connectivity index (χ1n) is 5.67. The molecule has 0 aromatic carbocycles. The van der Waals surface area contributed by atoms with Gasteiger partial charge < -0.3 is 10.5 Å². The van der Waals surface area contributed by atoms with Crippen LogP contribution >= 0.6 is 0 Å². The molecule has 0 saturated carbocycles. The molecule has 2 atom stereocenters. The van der Waals surface area contributed by atoms with E-state index in [0.29, 0.717) is 6.54 Å². The first-order valence-corrected chi connectivity index (χ1v) is 5.67. The van der Waals surface area contributed by atoms with Gasteiger partial charge in [0.15, 0.2) is 0 Å². The van der Waals surface area contributed by atoms with Gasteiger partial charge in [-0.05, 0) is 25.6 Å². The van der Waals surface area contributed by atoms with Gasteiger partial charge in [0.05, 0.1) is 18.8 Å². The Morgan fingerprint density at radius 1 is 1.56 bits per heavy atom. The summed E-state index contributed by atoms with van der Waals surface area (Å²) < 4.78 is 5.70. The molecule has 4 nitrogen and oxygen atoms in total. The fourth-order valence-electron chi connectivity index (χ4n) is 2.18. The first kappa shape index (κ1) is 11.5. The number of nitrogens with two attached hydrogens (primary N) is 1. The van der Waals surface area contributed by atoms with Crippen LogP contribution in [0, 0.1) is 6.92 Å². The monoisotopic (exact) mass is 221 g/mol. The number of rotatable bonds is 2. The highest BCUT2D eigenvalue weighted by Gasteiger charge is 2.30. The van der Waals surface area contributed by atoms with E-state index >= 15 is 0 Å². The van der Waals surface area contributed by atoms with E-state index in [9.17, 15) is 0 Å². The van der Waals surface area contributed by atoms with Crippen LogP contribution in [0.15, 0.2) is 18.3 Å². The van der Waals surface area contributed by atoms with E-state index in [0.717, 1.165) is 18.8 Å². The molecule has 0 bridgehead atoms. The molecule has 1 saturated heterocycles. The van der Waals surface area contributed by atoms with Gasteiger partial charge in [-0.3, -0.25) is 9.88 Å². The van der Waals surface area contributed by atoms with Gasteiger partial charge in [0.25, 0.3) is 0 Å². The lowest BCUT2D eigenvalue weighted by molar-refractivity contribution is -0.0577. The van der Waals surface area contributed by atoms with Crippen molar-refractivity contribution in [2.75, 3.05) is 26.7 Å². The van der Waals surface area contributed by atoms with E-state index in [2.05, 4.69) is 23.0 Å². The number of likely N-dealkylation sites (N-methyl/N-ethyl adjacent to an activating group) is 1. The molecule has 1 aliphatic heterocycles. The predicted octanol–water partition coefficient (Wildman–Crippen LogP) is 0.720. The lowest BCUT2D eigenvalue weighted by Crippen LogP contribution is -2.46. The highest BCUT2D eigenvalue weighted by atomic mass is 16.5. The second-order valence-corrected chi connectivity index (χ2v) is 4.30. The fourth-order valence-corrected chi connectivity index (χ4v) is 2.18. The number of aryl methyl sites for hydroxylation is 1. The second kappa shape index (κ2) is 4.91. The third-order valence-electron chi connectivity index (χ3n) is 3.11. The molecular weight excluding hydrogens is 202 g/mol. The van der Waals surface area contributed by atoms with E-state index in [1.807, 2.05) is 19.2 Å². The Labute approximate surface area is 96.4 Å². The Kier molecular flexibility index (Phi) is 3.53. The quantitative estimate of drug-likeness (QED) is 0.799. The van der Waals surface area contributed by atoms with Crippen LogP contribution in [0.5, 0.6) is 0 Å². The van der Waals surface area contributed by atoms with Crippen LogP contribution in [-0.4, -0.2) is 42.7 Å². The van der Waals surface area contributed by atoms with Crippen molar-refractivity contribution in [2.45, 2.75) is 19.1 Å². The van der Waals surface area contributed by atoms with Crippen molar-refractivity contribution in [3.05, 3.63) is 29.6 Å². The fraction of sp³-hybridized carbons (Fsp3) is 0.583. The average Bonchev–Trinajstić information content (AvgIpc) is 2.30. The highest BCUT2D eigenvalue weighted by molar-refractivity contribution is 5.19. The van der Waals surface area contributed by atoms with Gasteiger partial charge in [0.2, 0.25) is 0 Å². The first-order chi connectivity index (χ1) is 7.72. The minimum atomic E-state index is 0.0725. The average molecular weight is 221 g/mol. The van der Waals surface area contributed by atoms with E-state index < -0.39 is 0 Å². The zero-order valence-electron chi connectivity index (χ0n) is 9.89. The number of pyridine rings is 1. The molecule has 0 radical (unpaired) electrons. The summed E-state index contributed by atoms with van der Waals surface area (Å²) in [5.41, 5.74) is 7.97. The summed E-state index contributed by atoms with van der Waals surface area (Å²) in [5, 5.41) is 0. The summed E-state index contributed by atoms with van der Waals surface area (Å²) in [7, 11) is 2.11. The molecule has 2 heterocycles. The Morgan fingerprint density at radius 3 is 3.00 bits per heavy atom. The van der Waals surface area contributed by atoms with E-state index in [4.69, 9.17) is 10.5 Å². The number of ether oxygens (including phenoxy) is 1. The molecule has 1 aromatic heterocycles. The van der Waals surface area contributed by atoms with Crippen LogP contribution in [0.2, 0.25) is 0 Å². The SMILES string of the molecule is Cc1ccc(C2C(CN)OCCN2C)cn1. The predicted molar refractivity (Wildman–Crippen MR) is 63.1 cm³/mol. The van der Waals surface area contributed by atoms with Gasteiger partial charge in [0.1, 0.15) is 0 Å². The minimum Gasteiger partial charge on any atom is -0.374 e. The minimum absolute atomic E-state index is 0.0725. The molecule has 1 aliphatic rings. The van der Waals surface area contributed by atoms with Crippen LogP contribution in [0.3, 0.4) is 0 Å². The molecule has 4 heteroatoms. The highest BCUT2D eigenvalue weighted by Crippen LogP contribution is 2.27. The number of hydrogen-bond donors (Lipinski definition) is 1. The van der Waals surface area contributed by atoms with Gasteiger partial charge >= 0.3 is 0 Å². The third-order valence-corrected chi connectivity index (χ3v) is 3.11. The summed E-state index contributed by atoms with van der Waals surface area (Å²) in [4.78, 5) is 6.62. The van der Waals surface area contributed by atoms with Crippen molar-refractivity contribution >= 4 is 0 Å². The van der Waals surface area contributed by atoms with Crippen LogP contribution in [-0.2, 0) is 4.74 Å². The molecule has 0 spiro atoms. The van der Waals surface area contributed by atoms with Crippen molar-refractivity contribution in [1.29, 1.82) is 0 Å². The maximum atomic E-state index is 5.75. The standard InChI is InChI=1S/C12H19N3O/c1-9-3-4-10(8-14-9)12-11(7-13)16-6-5-15(12)2/h3-4,8,11-12H,5-7,13H2,1-2H3. The third kappa shape index (κ3) is 2.24. The number of nitrogens with zero attached hydrogens (tertiary/aromatic N) is 2. The van der Waals surface area contributed by atoms with Crippen molar-refractivity contribution in [3.63, 3.8) is 0 Å². The Hall–Kier alpha value is -0.970. The summed E-state index contributed by atoms with van der Waals surface area (Å²) in [6, 6.07) is 4.37. The molecular formula is C12H19N3O. The van der Waals surface area contributed by atoms with Gasteiger partial charge in [-0.2, -0.15) is 0 Å². The zero-order valence-corrected chi connectivity index (χ0v) is 9.89.